The van der Waals surface area contributed by atoms with Crippen molar-refractivity contribution < 1.29 is 9.90 Å². The first-order chi connectivity index (χ1) is 8.65. The van der Waals surface area contributed by atoms with E-state index in [0.717, 1.165) is 12.8 Å². The smallest absolute Gasteiger partial charge is 0.257 e. The van der Waals surface area contributed by atoms with Crippen LogP contribution in [-0.2, 0) is 0 Å². The van der Waals surface area contributed by atoms with Gasteiger partial charge in [-0.25, -0.2) is 0 Å². The molecular formula is C13H19ClN2O2. The zero-order valence-corrected chi connectivity index (χ0v) is 11.5. The molecule has 1 aromatic heterocycles. The number of aliphatic hydroxyl groups excluding tert-OH is 1. The van der Waals surface area contributed by atoms with Crippen LogP contribution in [0.2, 0.25) is 5.02 Å². The van der Waals surface area contributed by atoms with Crippen LogP contribution in [0.1, 0.15) is 37.0 Å². The van der Waals surface area contributed by atoms with Crippen LogP contribution in [0.15, 0.2) is 18.5 Å². The Morgan fingerprint density at radius 3 is 2.67 bits per heavy atom. The monoisotopic (exact) mass is 270 g/mol. The topological polar surface area (TPSA) is 53.4 Å². The number of nitrogens with zero attached hydrogens (tertiary/aromatic N) is 2. The normalized spacial score (nSPS) is 10.7. The van der Waals surface area contributed by atoms with Gasteiger partial charge in [-0.15, -0.1) is 0 Å². The van der Waals surface area contributed by atoms with Gasteiger partial charge in [-0.3, -0.25) is 9.78 Å². The van der Waals surface area contributed by atoms with E-state index < -0.39 is 0 Å². The van der Waals surface area contributed by atoms with Crippen LogP contribution in [0, 0.1) is 0 Å². The molecule has 0 radical (unpaired) electrons. The zero-order chi connectivity index (χ0) is 13.5. The van der Waals surface area contributed by atoms with Gasteiger partial charge in [0.25, 0.3) is 5.91 Å². The number of aliphatic hydroxyl groups is 1. The van der Waals surface area contributed by atoms with Crippen LogP contribution in [0.4, 0.5) is 0 Å². The van der Waals surface area contributed by atoms with Crippen molar-refractivity contribution in [1.29, 1.82) is 0 Å². The van der Waals surface area contributed by atoms with E-state index >= 15 is 0 Å². The predicted octanol–water partition coefficient (Wildman–Crippen LogP) is 2.36. The van der Waals surface area contributed by atoms with Gasteiger partial charge in [0, 0.05) is 25.0 Å². The van der Waals surface area contributed by atoms with E-state index in [9.17, 15) is 4.79 Å². The van der Waals surface area contributed by atoms with Crippen LogP contribution in [0.5, 0.6) is 0 Å². The maximum atomic E-state index is 12.4. The van der Waals surface area contributed by atoms with Gasteiger partial charge >= 0.3 is 0 Å². The summed E-state index contributed by atoms with van der Waals surface area (Å²) in [5.41, 5.74) is 0.388. The van der Waals surface area contributed by atoms with Crippen molar-refractivity contribution in [2.75, 3.05) is 13.2 Å². The fourth-order valence-corrected chi connectivity index (χ4v) is 2.16. The highest BCUT2D eigenvalue weighted by Gasteiger charge is 2.23. The summed E-state index contributed by atoms with van der Waals surface area (Å²) < 4.78 is 0. The molecule has 0 atom stereocenters. The standard InChI is InChI=1S/C13H19ClN2O2/c1-3-10(4-2)16(7-8-17)13(18)11-9-15-6-5-12(11)14/h5-6,9-10,17H,3-4,7-8H2,1-2H3. The molecule has 1 rings (SSSR count). The van der Waals surface area contributed by atoms with Crippen LogP contribution in [-0.4, -0.2) is 40.1 Å². The average molecular weight is 271 g/mol. The third kappa shape index (κ3) is 3.43. The van der Waals surface area contributed by atoms with E-state index in [-0.39, 0.29) is 18.6 Å². The van der Waals surface area contributed by atoms with Gasteiger partial charge in [0.05, 0.1) is 17.2 Å². The highest BCUT2D eigenvalue weighted by molar-refractivity contribution is 6.33. The number of carbonyl (C=O) groups excluding carboxylic acids is 1. The third-order valence-electron chi connectivity index (χ3n) is 2.98. The van der Waals surface area contributed by atoms with E-state index in [2.05, 4.69) is 4.98 Å². The van der Waals surface area contributed by atoms with E-state index in [1.807, 2.05) is 13.8 Å². The fraction of sp³-hybridized carbons (Fsp3) is 0.538. The molecule has 0 saturated heterocycles. The van der Waals surface area contributed by atoms with E-state index in [0.29, 0.717) is 17.1 Å². The molecule has 0 aliphatic carbocycles. The second-order valence-electron chi connectivity index (χ2n) is 4.05. The van der Waals surface area contributed by atoms with Crippen molar-refractivity contribution in [3.05, 3.63) is 29.0 Å². The van der Waals surface area contributed by atoms with Gasteiger partial charge in [-0.05, 0) is 18.9 Å². The Kier molecular flexibility index (Phi) is 6.09. The minimum atomic E-state index is -0.171. The number of pyridine rings is 1. The van der Waals surface area contributed by atoms with Crippen molar-refractivity contribution in [1.82, 2.24) is 9.88 Å². The molecule has 0 unspecified atom stereocenters. The molecule has 5 heteroatoms. The number of halogens is 1. The second-order valence-corrected chi connectivity index (χ2v) is 4.46. The molecule has 0 aliphatic rings. The number of hydrogen-bond donors (Lipinski definition) is 1. The molecule has 0 spiro atoms. The van der Waals surface area contributed by atoms with Crippen molar-refractivity contribution in [2.24, 2.45) is 0 Å². The summed E-state index contributed by atoms with van der Waals surface area (Å²) in [6.45, 7) is 4.31. The van der Waals surface area contributed by atoms with Crippen molar-refractivity contribution in [2.45, 2.75) is 32.7 Å². The summed E-state index contributed by atoms with van der Waals surface area (Å²) in [7, 11) is 0. The largest absolute Gasteiger partial charge is 0.395 e. The zero-order valence-electron chi connectivity index (χ0n) is 10.8. The number of rotatable bonds is 6. The summed E-state index contributed by atoms with van der Waals surface area (Å²) in [5, 5.41) is 9.49. The highest BCUT2D eigenvalue weighted by Crippen LogP contribution is 2.19. The molecule has 18 heavy (non-hydrogen) atoms. The molecule has 1 heterocycles. The first-order valence-electron chi connectivity index (χ1n) is 6.17. The molecule has 1 amide bonds. The Hall–Kier alpha value is -1.13. The number of amides is 1. The minimum absolute atomic E-state index is 0.0554. The summed E-state index contributed by atoms with van der Waals surface area (Å²) in [6.07, 6.45) is 4.71. The first-order valence-corrected chi connectivity index (χ1v) is 6.54. The highest BCUT2D eigenvalue weighted by atomic mass is 35.5. The summed E-state index contributed by atoms with van der Waals surface area (Å²) in [5.74, 6) is -0.171. The van der Waals surface area contributed by atoms with Crippen LogP contribution in [0.3, 0.4) is 0 Å². The van der Waals surface area contributed by atoms with Crippen LogP contribution >= 0.6 is 11.6 Å². The average Bonchev–Trinajstić information content (AvgIpc) is 2.39. The molecule has 0 fully saturated rings. The number of hydrogen-bond acceptors (Lipinski definition) is 3. The molecule has 0 aliphatic heterocycles. The van der Waals surface area contributed by atoms with Gasteiger partial charge in [0.2, 0.25) is 0 Å². The van der Waals surface area contributed by atoms with Gasteiger partial charge < -0.3 is 10.0 Å². The predicted molar refractivity (Wildman–Crippen MR) is 71.7 cm³/mol. The van der Waals surface area contributed by atoms with Crippen molar-refractivity contribution >= 4 is 17.5 Å². The van der Waals surface area contributed by atoms with Crippen LogP contribution in [0.25, 0.3) is 0 Å². The maximum absolute atomic E-state index is 12.4. The maximum Gasteiger partial charge on any atom is 0.257 e. The quantitative estimate of drug-likeness (QED) is 0.863. The Morgan fingerprint density at radius 2 is 2.17 bits per heavy atom. The van der Waals surface area contributed by atoms with E-state index in [1.54, 1.807) is 17.2 Å². The Labute approximate surface area is 113 Å². The lowest BCUT2D eigenvalue weighted by molar-refractivity contribution is 0.0622. The summed E-state index contributed by atoms with van der Waals surface area (Å²) in [6, 6.07) is 1.71. The van der Waals surface area contributed by atoms with Gasteiger partial charge in [-0.2, -0.15) is 0 Å². The van der Waals surface area contributed by atoms with Gasteiger partial charge in [-0.1, -0.05) is 25.4 Å². The summed E-state index contributed by atoms with van der Waals surface area (Å²) >= 11 is 6.00. The molecule has 0 saturated carbocycles. The van der Waals surface area contributed by atoms with Crippen LogP contribution < -0.4 is 0 Å². The van der Waals surface area contributed by atoms with Crippen molar-refractivity contribution in [3.8, 4) is 0 Å². The van der Waals surface area contributed by atoms with Gasteiger partial charge in [0.1, 0.15) is 0 Å². The number of aromatic nitrogens is 1. The lowest BCUT2D eigenvalue weighted by Gasteiger charge is -2.30. The van der Waals surface area contributed by atoms with E-state index in [4.69, 9.17) is 16.7 Å². The van der Waals surface area contributed by atoms with Crippen molar-refractivity contribution in [3.63, 3.8) is 0 Å². The SMILES string of the molecule is CCC(CC)N(CCO)C(=O)c1cnccc1Cl. The molecule has 1 aromatic rings. The molecule has 0 aromatic carbocycles. The lowest BCUT2D eigenvalue weighted by Crippen LogP contribution is -2.41. The molecule has 100 valence electrons. The molecule has 1 N–H and O–H groups in total. The first kappa shape index (κ1) is 14.9. The summed E-state index contributed by atoms with van der Waals surface area (Å²) in [4.78, 5) is 18.0. The fourth-order valence-electron chi connectivity index (χ4n) is 1.98. The van der Waals surface area contributed by atoms with E-state index in [1.165, 1.54) is 6.20 Å². The molecular weight excluding hydrogens is 252 g/mol. The Balaban J connectivity index is 2.99. The molecule has 0 bridgehead atoms. The lowest BCUT2D eigenvalue weighted by atomic mass is 10.1. The third-order valence-corrected chi connectivity index (χ3v) is 3.31. The Bertz CT molecular complexity index is 394. The van der Waals surface area contributed by atoms with Gasteiger partial charge in [0.15, 0.2) is 0 Å². The number of carbonyl (C=O) groups is 1. The second kappa shape index (κ2) is 7.34. The molecule has 4 nitrogen and oxygen atoms in total. The minimum Gasteiger partial charge on any atom is -0.395 e. The Morgan fingerprint density at radius 1 is 1.50 bits per heavy atom.